The number of aromatic nitrogens is 2. The van der Waals surface area contributed by atoms with Crippen LogP contribution in [0, 0.1) is 0 Å². The number of hydrogen-bond acceptors (Lipinski definition) is 7. The van der Waals surface area contributed by atoms with E-state index < -0.39 is 12.1 Å². The molecule has 2 atom stereocenters. The third kappa shape index (κ3) is 5.05. The number of ether oxygens (including phenoxy) is 2. The number of phenolic OH excluding ortho intramolecular Hbond substituents is 1. The van der Waals surface area contributed by atoms with Gasteiger partial charge in [0.15, 0.2) is 5.01 Å². The van der Waals surface area contributed by atoms with Gasteiger partial charge < -0.3 is 14.6 Å². The van der Waals surface area contributed by atoms with Gasteiger partial charge in [-0.1, -0.05) is 69.9 Å². The number of benzene rings is 3. The van der Waals surface area contributed by atoms with E-state index in [0.29, 0.717) is 36.7 Å². The summed E-state index contributed by atoms with van der Waals surface area (Å²) in [5, 5.41) is 20.6. The van der Waals surface area contributed by atoms with Crippen LogP contribution in [-0.4, -0.2) is 27.3 Å². The molecule has 1 fully saturated rings. The van der Waals surface area contributed by atoms with Gasteiger partial charge in [0.1, 0.15) is 29.9 Å². The van der Waals surface area contributed by atoms with Crippen LogP contribution in [-0.2, 0) is 11.4 Å². The molecule has 2 heterocycles. The third-order valence-corrected chi connectivity index (χ3v) is 7.29. The number of phenols is 1. The molecule has 1 N–H and O–H groups in total. The van der Waals surface area contributed by atoms with Gasteiger partial charge >= 0.3 is 0 Å². The smallest absolute Gasteiger partial charge is 0.273 e. The fraction of sp³-hybridized carbons (Fsp3) is 0.125. The zero-order valence-electron chi connectivity index (χ0n) is 18.1. The lowest BCUT2D eigenvalue weighted by Crippen LogP contribution is -2.61. The minimum Gasteiger partial charge on any atom is -0.508 e. The van der Waals surface area contributed by atoms with Crippen molar-refractivity contribution in [2.45, 2.75) is 18.8 Å². The van der Waals surface area contributed by atoms with Crippen LogP contribution in [0.4, 0.5) is 5.13 Å². The summed E-state index contributed by atoms with van der Waals surface area (Å²) in [4.78, 5) is 14.7. The number of rotatable bonds is 7. The van der Waals surface area contributed by atoms with Crippen molar-refractivity contribution in [1.82, 2.24) is 10.2 Å². The second-order valence-electron chi connectivity index (χ2n) is 7.70. The van der Waals surface area contributed by atoms with Crippen LogP contribution in [0.5, 0.6) is 17.2 Å². The fourth-order valence-electron chi connectivity index (χ4n) is 3.63. The molecular weight excluding hydrogens is 568 g/mol. The standard InChI is InChI=1S/C24H15Cl4N3O4S/c25-13-3-7-18(16(27)9-13)34-11-20-29-30-24(36-20)31-21(12-1-5-15(32)6-2-12)22(23(31)33)35-19-8-4-14(26)10-17(19)28/h1-10,21-22,32H,11H2. The van der Waals surface area contributed by atoms with Gasteiger partial charge in [0.2, 0.25) is 11.2 Å². The van der Waals surface area contributed by atoms with E-state index in [1.165, 1.54) is 28.4 Å². The molecule has 184 valence electrons. The van der Waals surface area contributed by atoms with E-state index >= 15 is 0 Å². The van der Waals surface area contributed by atoms with Crippen molar-refractivity contribution in [3.63, 3.8) is 0 Å². The summed E-state index contributed by atoms with van der Waals surface area (Å²) < 4.78 is 11.7. The van der Waals surface area contributed by atoms with Gasteiger partial charge in [-0.25, -0.2) is 0 Å². The van der Waals surface area contributed by atoms with Gasteiger partial charge in [-0.2, -0.15) is 0 Å². The second-order valence-corrected chi connectivity index (χ2v) is 10.4. The van der Waals surface area contributed by atoms with Crippen molar-refractivity contribution in [1.29, 1.82) is 0 Å². The number of halogens is 4. The van der Waals surface area contributed by atoms with Crippen molar-refractivity contribution in [2.75, 3.05) is 4.90 Å². The number of hydrogen-bond donors (Lipinski definition) is 1. The Labute approximate surface area is 229 Å². The van der Waals surface area contributed by atoms with Crippen LogP contribution in [0.15, 0.2) is 60.7 Å². The highest BCUT2D eigenvalue weighted by Crippen LogP contribution is 2.44. The molecule has 0 bridgehead atoms. The van der Waals surface area contributed by atoms with Gasteiger partial charge in [-0.05, 0) is 54.1 Å². The lowest BCUT2D eigenvalue weighted by molar-refractivity contribution is -0.135. The second kappa shape index (κ2) is 10.3. The summed E-state index contributed by atoms with van der Waals surface area (Å²) in [6.07, 6.45) is -0.871. The van der Waals surface area contributed by atoms with Crippen molar-refractivity contribution >= 4 is 68.8 Å². The van der Waals surface area contributed by atoms with Crippen LogP contribution >= 0.6 is 57.7 Å². The number of carbonyl (C=O) groups is 1. The Morgan fingerprint density at radius 3 is 2.17 bits per heavy atom. The average molecular weight is 583 g/mol. The summed E-state index contributed by atoms with van der Waals surface area (Å²) in [5.41, 5.74) is 0.739. The van der Waals surface area contributed by atoms with Crippen LogP contribution in [0.25, 0.3) is 0 Å². The van der Waals surface area contributed by atoms with Gasteiger partial charge in [0, 0.05) is 10.0 Å². The molecule has 0 spiro atoms. The van der Waals surface area contributed by atoms with E-state index in [2.05, 4.69) is 10.2 Å². The van der Waals surface area contributed by atoms with E-state index in [9.17, 15) is 9.90 Å². The maximum absolute atomic E-state index is 13.2. The molecule has 0 radical (unpaired) electrons. The molecule has 1 aliphatic heterocycles. The monoisotopic (exact) mass is 581 g/mol. The molecule has 1 amide bonds. The van der Waals surface area contributed by atoms with Crippen LogP contribution in [0.3, 0.4) is 0 Å². The molecule has 5 rings (SSSR count). The van der Waals surface area contributed by atoms with Crippen LogP contribution < -0.4 is 14.4 Å². The van der Waals surface area contributed by atoms with Crippen molar-refractivity contribution < 1.29 is 19.4 Å². The van der Waals surface area contributed by atoms with Crippen molar-refractivity contribution in [3.8, 4) is 17.2 Å². The number of nitrogens with zero attached hydrogens (tertiary/aromatic N) is 3. The molecule has 1 aromatic heterocycles. The molecule has 3 aromatic carbocycles. The molecule has 0 saturated carbocycles. The van der Waals surface area contributed by atoms with E-state index in [1.54, 1.807) is 48.5 Å². The number of carbonyl (C=O) groups excluding carboxylic acids is 1. The predicted octanol–water partition coefficient (Wildman–Crippen LogP) is 6.97. The largest absolute Gasteiger partial charge is 0.508 e. The SMILES string of the molecule is O=C1C(Oc2ccc(Cl)cc2Cl)C(c2ccc(O)cc2)N1c1nnc(COc2ccc(Cl)cc2Cl)s1. The predicted molar refractivity (Wildman–Crippen MR) is 140 cm³/mol. The summed E-state index contributed by atoms with van der Waals surface area (Å²) in [7, 11) is 0. The highest BCUT2D eigenvalue weighted by molar-refractivity contribution is 7.15. The first-order chi connectivity index (χ1) is 17.3. The number of aromatic hydroxyl groups is 1. The molecule has 0 aliphatic carbocycles. The Morgan fingerprint density at radius 1 is 0.889 bits per heavy atom. The molecule has 2 unspecified atom stereocenters. The quantitative estimate of drug-likeness (QED) is 0.237. The maximum atomic E-state index is 13.2. The average Bonchev–Trinajstić information content (AvgIpc) is 3.30. The minimum absolute atomic E-state index is 0.102. The number of anilines is 1. The summed E-state index contributed by atoms with van der Waals surface area (Å²) in [5.74, 6) is 0.566. The highest BCUT2D eigenvalue weighted by atomic mass is 35.5. The lowest BCUT2D eigenvalue weighted by atomic mass is 9.91. The molecule has 12 heteroatoms. The van der Waals surface area contributed by atoms with Gasteiger partial charge in [-0.3, -0.25) is 9.69 Å². The van der Waals surface area contributed by atoms with E-state index in [0.717, 1.165) is 5.56 Å². The summed E-state index contributed by atoms with van der Waals surface area (Å²) >= 11 is 25.5. The highest BCUT2D eigenvalue weighted by Gasteiger charge is 2.52. The Balaban J connectivity index is 1.38. The zero-order valence-corrected chi connectivity index (χ0v) is 21.9. The van der Waals surface area contributed by atoms with E-state index in [-0.39, 0.29) is 23.3 Å². The van der Waals surface area contributed by atoms with Crippen LogP contribution in [0.2, 0.25) is 20.1 Å². The Hall–Kier alpha value is -2.75. The van der Waals surface area contributed by atoms with E-state index in [1.807, 2.05) is 0 Å². The molecule has 1 saturated heterocycles. The first kappa shape index (κ1) is 24.9. The zero-order chi connectivity index (χ0) is 25.4. The van der Waals surface area contributed by atoms with Crippen molar-refractivity contribution in [2.24, 2.45) is 0 Å². The van der Waals surface area contributed by atoms with Gasteiger partial charge in [-0.15, -0.1) is 10.2 Å². The Kier molecular flexibility index (Phi) is 7.14. The number of amides is 1. The third-order valence-electron chi connectivity index (χ3n) is 5.34. The Bertz CT molecular complexity index is 1430. The first-order valence-corrected chi connectivity index (χ1v) is 12.8. The van der Waals surface area contributed by atoms with E-state index in [4.69, 9.17) is 55.9 Å². The summed E-state index contributed by atoms with van der Waals surface area (Å²) in [6, 6.07) is 15.7. The molecule has 36 heavy (non-hydrogen) atoms. The lowest BCUT2D eigenvalue weighted by Gasteiger charge is -2.44. The van der Waals surface area contributed by atoms with Crippen LogP contribution in [0.1, 0.15) is 16.6 Å². The maximum Gasteiger partial charge on any atom is 0.273 e. The molecule has 1 aliphatic rings. The molecular formula is C24H15Cl4N3O4S. The molecule has 7 nitrogen and oxygen atoms in total. The van der Waals surface area contributed by atoms with Gasteiger partial charge in [0.25, 0.3) is 5.91 Å². The minimum atomic E-state index is -0.871. The number of β-lactam (4-membered cyclic amide) rings is 1. The van der Waals surface area contributed by atoms with Crippen molar-refractivity contribution in [3.05, 3.63) is 91.3 Å². The summed E-state index contributed by atoms with van der Waals surface area (Å²) in [6.45, 7) is 0.102. The normalized spacial score (nSPS) is 17.1. The molecule has 4 aromatic rings. The first-order valence-electron chi connectivity index (χ1n) is 10.4. The Morgan fingerprint density at radius 2 is 1.53 bits per heavy atom. The topological polar surface area (TPSA) is 84.8 Å². The fourth-order valence-corrected chi connectivity index (χ4v) is 5.34. The van der Waals surface area contributed by atoms with Gasteiger partial charge in [0.05, 0.1) is 10.0 Å².